The first kappa shape index (κ1) is 12.9. The molecule has 1 heterocycles. The number of ketones is 1. The molecule has 19 heavy (non-hydrogen) atoms. The lowest BCUT2D eigenvalue weighted by molar-refractivity contribution is -0.126. The van der Waals surface area contributed by atoms with Gasteiger partial charge in [0.2, 0.25) is 0 Å². The van der Waals surface area contributed by atoms with Crippen LogP contribution in [0.4, 0.5) is 0 Å². The van der Waals surface area contributed by atoms with E-state index in [2.05, 4.69) is 16.8 Å². The molecule has 102 valence electrons. The highest BCUT2D eigenvalue weighted by Gasteiger charge is 2.34. The predicted molar refractivity (Wildman–Crippen MR) is 77.5 cm³/mol. The van der Waals surface area contributed by atoms with Gasteiger partial charge >= 0.3 is 0 Å². The third-order valence-electron chi connectivity index (χ3n) is 4.55. The van der Waals surface area contributed by atoms with Gasteiger partial charge in [0.05, 0.1) is 5.76 Å². The summed E-state index contributed by atoms with van der Waals surface area (Å²) in [6.07, 6.45) is 7.64. The quantitative estimate of drug-likeness (QED) is 0.867. The second kappa shape index (κ2) is 5.49. The van der Waals surface area contributed by atoms with Crippen molar-refractivity contribution in [3.05, 3.63) is 34.2 Å². The highest BCUT2D eigenvalue weighted by molar-refractivity contribution is 7.07. The number of thiophene rings is 1. The Bertz CT molecular complexity index is 475. The van der Waals surface area contributed by atoms with Gasteiger partial charge in [-0.05, 0) is 59.6 Å². The molecule has 2 aliphatic rings. The molecule has 3 rings (SSSR count). The highest BCUT2D eigenvalue weighted by atomic mass is 32.1. The minimum Gasteiger partial charge on any atom is -0.513 e. The molecule has 1 N–H and O–H groups in total. The summed E-state index contributed by atoms with van der Waals surface area (Å²) in [7, 11) is 0. The third-order valence-corrected chi connectivity index (χ3v) is 5.25. The lowest BCUT2D eigenvalue weighted by Crippen LogP contribution is -2.29. The Hall–Kier alpha value is -1.09. The number of aliphatic hydroxyl groups is 1. The number of Topliss-reactive ketones (excluding diaryl/α,β-unsaturated/α-hetero) is 1. The molecule has 0 spiro atoms. The maximum atomic E-state index is 12.1. The zero-order chi connectivity index (χ0) is 13.2. The summed E-state index contributed by atoms with van der Waals surface area (Å²) in [5.41, 5.74) is 1.32. The van der Waals surface area contributed by atoms with Gasteiger partial charge in [-0.1, -0.05) is 6.42 Å². The number of carbonyl (C=O) groups excluding carboxylic acids is 1. The van der Waals surface area contributed by atoms with Crippen molar-refractivity contribution in [1.82, 2.24) is 0 Å². The minimum absolute atomic E-state index is 0.150. The van der Waals surface area contributed by atoms with E-state index in [-0.39, 0.29) is 11.8 Å². The molecule has 0 aliphatic heterocycles. The van der Waals surface area contributed by atoms with Gasteiger partial charge in [-0.25, -0.2) is 0 Å². The molecule has 1 aromatic rings. The maximum absolute atomic E-state index is 12.1. The van der Waals surface area contributed by atoms with Crippen LogP contribution in [0, 0.1) is 11.8 Å². The van der Waals surface area contributed by atoms with E-state index < -0.39 is 0 Å². The van der Waals surface area contributed by atoms with Gasteiger partial charge in [0.25, 0.3) is 0 Å². The lowest BCUT2D eigenvalue weighted by Gasteiger charge is -2.33. The predicted octanol–water partition coefficient (Wildman–Crippen LogP) is 4.44. The summed E-state index contributed by atoms with van der Waals surface area (Å²) in [5.74, 6) is 1.66. The fourth-order valence-corrected chi connectivity index (χ4v) is 4.29. The molecule has 1 fully saturated rings. The lowest BCUT2D eigenvalue weighted by atomic mass is 9.71. The van der Waals surface area contributed by atoms with Crippen LogP contribution in [0.5, 0.6) is 0 Å². The topological polar surface area (TPSA) is 37.3 Å². The highest BCUT2D eigenvalue weighted by Crippen LogP contribution is 2.41. The molecule has 3 unspecified atom stereocenters. The van der Waals surface area contributed by atoms with Crippen LogP contribution >= 0.6 is 11.3 Å². The molecule has 0 radical (unpaired) electrons. The Morgan fingerprint density at radius 3 is 2.95 bits per heavy atom. The van der Waals surface area contributed by atoms with E-state index in [1.165, 1.54) is 5.56 Å². The molecule has 2 nitrogen and oxygen atoms in total. The third kappa shape index (κ3) is 2.76. The standard InChI is InChI=1S/C16H20O2S/c17-14-8-12(11-5-6-19-10-11)7-13(9-14)15-3-1-2-4-16(15)18/h5-6,9-10,12-13,15,17H,1-4,7-8H2. The van der Waals surface area contributed by atoms with Crippen LogP contribution in [0.2, 0.25) is 0 Å². The molecule has 1 aromatic heterocycles. The Kier molecular flexibility index (Phi) is 3.74. The van der Waals surface area contributed by atoms with Gasteiger partial charge in [-0.15, -0.1) is 0 Å². The summed E-state index contributed by atoms with van der Waals surface area (Å²) in [5, 5.41) is 14.3. The first-order valence-electron chi connectivity index (χ1n) is 7.18. The van der Waals surface area contributed by atoms with Gasteiger partial charge in [0, 0.05) is 18.8 Å². The summed E-state index contributed by atoms with van der Waals surface area (Å²) in [6, 6.07) is 2.15. The van der Waals surface area contributed by atoms with Crippen molar-refractivity contribution >= 4 is 17.1 Å². The van der Waals surface area contributed by atoms with Gasteiger partial charge < -0.3 is 5.11 Å². The molecular weight excluding hydrogens is 256 g/mol. The summed E-state index contributed by atoms with van der Waals surface area (Å²) >= 11 is 1.70. The molecule has 3 atom stereocenters. The first-order valence-corrected chi connectivity index (χ1v) is 8.13. The normalized spacial score (nSPS) is 32.1. The van der Waals surface area contributed by atoms with Crippen molar-refractivity contribution in [1.29, 1.82) is 0 Å². The van der Waals surface area contributed by atoms with Crippen molar-refractivity contribution < 1.29 is 9.90 Å². The average molecular weight is 276 g/mol. The van der Waals surface area contributed by atoms with Crippen molar-refractivity contribution in [2.24, 2.45) is 11.8 Å². The van der Waals surface area contributed by atoms with Crippen LogP contribution < -0.4 is 0 Å². The molecular formula is C16H20O2S. The monoisotopic (exact) mass is 276 g/mol. The molecule has 0 aromatic carbocycles. The number of rotatable bonds is 2. The first-order chi connectivity index (χ1) is 9.24. The van der Waals surface area contributed by atoms with Gasteiger partial charge in [-0.2, -0.15) is 11.3 Å². The fourth-order valence-electron chi connectivity index (χ4n) is 3.55. The largest absolute Gasteiger partial charge is 0.513 e. The van der Waals surface area contributed by atoms with Gasteiger partial charge in [0.1, 0.15) is 5.78 Å². The smallest absolute Gasteiger partial charge is 0.136 e. The van der Waals surface area contributed by atoms with Crippen LogP contribution in [0.15, 0.2) is 28.7 Å². The molecule has 0 bridgehead atoms. The Balaban J connectivity index is 1.78. The number of allylic oxidation sites excluding steroid dienone is 2. The minimum atomic E-state index is 0.150. The molecule has 0 amide bonds. The summed E-state index contributed by atoms with van der Waals surface area (Å²) < 4.78 is 0. The summed E-state index contributed by atoms with van der Waals surface area (Å²) in [4.78, 5) is 12.1. The second-order valence-corrected chi connectivity index (χ2v) is 6.61. The van der Waals surface area contributed by atoms with Crippen LogP contribution in [0.3, 0.4) is 0 Å². The molecule has 2 aliphatic carbocycles. The number of aliphatic hydroxyl groups excluding tert-OH is 1. The van der Waals surface area contributed by atoms with Crippen molar-refractivity contribution in [2.45, 2.75) is 44.4 Å². The summed E-state index contributed by atoms with van der Waals surface area (Å²) in [6.45, 7) is 0. The van der Waals surface area contributed by atoms with Gasteiger partial charge in [0.15, 0.2) is 0 Å². The van der Waals surface area contributed by atoms with Crippen LogP contribution in [0.1, 0.15) is 50.0 Å². The van der Waals surface area contributed by atoms with E-state index in [9.17, 15) is 9.90 Å². The average Bonchev–Trinajstić information content (AvgIpc) is 2.92. The van der Waals surface area contributed by atoms with E-state index in [1.807, 2.05) is 6.08 Å². The molecule has 0 saturated heterocycles. The Labute approximate surface area is 118 Å². The number of hydrogen-bond acceptors (Lipinski definition) is 3. The van der Waals surface area contributed by atoms with Crippen molar-refractivity contribution in [3.8, 4) is 0 Å². The fraction of sp³-hybridized carbons (Fsp3) is 0.562. The van der Waals surface area contributed by atoms with Crippen LogP contribution in [-0.4, -0.2) is 10.9 Å². The second-order valence-electron chi connectivity index (χ2n) is 5.83. The Morgan fingerprint density at radius 2 is 2.21 bits per heavy atom. The number of carbonyl (C=O) groups is 1. The zero-order valence-electron chi connectivity index (χ0n) is 11.0. The van der Waals surface area contributed by atoms with E-state index >= 15 is 0 Å². The van der Waals surface area contributed by atoms with E-state index in [1.54, 1.807) is 11.3 Å². The maximum Gasteiger partial charge on any atom is 0.136 e. The zero-order valence-corrected chi connectivity index (χ0v) is 11.9. The van der Waals surface area contributed by atoms with Crippen LogP contribution in [0.25, 0.3) is 0 Å². The van der Waals surface area contributed by atoms with Crippen molar-refractivity contribution in [3.63, 3.8) is 0 Å². The van der Waals surface area contributed by atoms with Gasteiger partial charge in [-0.3, -0.25) is 4.79 Å². The Morgan fingerprint density at radius 1 is 1.32 bits per heavy atom. The SMILES string of the molecule is O=C1CCCCC1C1C=C(O)CC(c2ccsc2)C1. The number of hydrogen-bond donors (Lipinski definition) is 1. The van der Waals surface area contributed by atoms with E-state index in [0.29, 0.717) is 17.5 Å². The van der Waals surface area contributed by atoms with Crippen LogP contribution in [-0.2, 0) is 4.79 Å². The van der Waals surface area contributed by atoms with E-state index in [4.69, 9.17) is 0 Å². The van der Waals surface area contributed by atoms with E-state index in [0.717, 1.165) is 38.5 Å². The molecule has 1 saturated carbocycles. The van der Waals surface area contributed by atoms with Crippen molar-refractivity contribution in [2.75, 3.05) is 0 Å². The molecule has 3 heteroatoms.